The molecule has 2 amide bonds. The third kappa shape index (κ3) is 5.46. The molecule has 1 aromatic heterocycles. The number of carbonyl (C=O) groups excluding carboxylic acids is 1. The third-order valence-electron chi connectivity index (χ3n) is 4.73. The average Bonchev–Trinajstić information content (AvgIpc) is 2.73. The summed E-state index contributed by atoms with van der Waals surface area (Å²) in [6.07, 6.45) is 4.51. The van der Waals surface area contributed by atoms with Crippen LogP contribution in [0.3, 0.4) is 0 Å². The topological polar surface area (TPSA) is 109 Å². The predicted molar refractivity (Wildman–Crippen MR) is 120 cm³/mol. The Labute approximate surface area is 185 Å². The first-order valence-corrected chi connectivity index (χ1v) is 10.2. The minimum absolute atomic E-state index is 0.179. The molecule has 1 aliphatic heterocycles. The summed E-state index contributed by atoms with van der Waals surface area (Å²) in [6.45, 7) is 2.84. The molecule has 8 nitrogen and oxygen atoms in total. The van der Waals surface area contributed by atoms with Crippen LogP contribution in [0.1, 0.15) is 36.2 Å². The van der Waals surface area contributed by atoms with Gasteiger partial charge in [0.25, 0.3) is 5.95 Å². The normalized spacial score (nSPS) is 15.2. The zero-order valence-corrected chi connectivity index (χ0v) is 18.3. The zero-order valence-electron chi connectivity index (χ0n) is 16.8. The molecule has 0 bridgehead atoms. The lowest BCUT2D eigenvalue weighted by atomic mass is 10.1. The Morgan fingerprint density at radius 3 is 2.93 bits per heavy atom. The van der Waals surface area contributed by atoms with Crippen LogP contribution in [-0.4, -0.2) is 46.5 Å². The van der Waals surface area contributed by atoms with E-state index in [-0.39, 0.29) is 18.0 Å². The number of aliphatic imine (C=N–C) groups is 2. The molecular weight excluding hydrogens is 425 g/mol. The fourth-order valence-corrected chi connectivity index (χ4v) is 3.33. The third-order valence-corrected chi connectivity index (χ3v) is 5.47. The second kappa shape index (κ2) is 9.86. The van der Waals surface area contributed by atoms with E-state index in [1.165, 1.54) is 0 Å². The molecule has 0 aliphatic carbocycles. The number of fused-ring (bicyclic) bond motifs is 1. The van der Waals surface area contributed by atoms with E-state index < -0.39 is 0 Å². The Hall–Kier alpha value is -2.71. The fourth-order valence-electron chi connectivity index (χ4n) is 3.02. The molecule has 158 valence electrons. The van der Waals surface area contributed by atoms with Crippen molar-refractivity contribution in [2.24, 2.45) is 15.7 Å². The molecule has 10 heteroatoms. The van der Waals surface area contributed by atoms with Gasteiger partial charge in [0.1, 0.15) is 5.84 Å². The first-order chi connectivity index (χ1) is 14.4. The van der Waals surface area contributed by atoms with Gasteiger partial charge < -0.3 is 20.9 Å². The maximum Gasteiger partial charge on any atom is 0.318 e. The van der Waals surface area contributed by atoms with Crippen LogP contribution < -0.4 is 11.1 Å². The second-order valence-electron chi connectivity index (χ2n) is 6.91. The molecule has 0 saturated carbocycles. The van der Waals surface area contributed by atoms with Gasteiger partial charge in [-0.2, -0.15) is 4.99 Å². The van der Waals surface area contributed by atoms with Crippen LogP contribution >= 0.6 is 23.2 Å². The Balaban J connectivity index is 1.68. The molecule has 0 radical (unpaired) electrons. The second-order valence-corrected chi connectivity index (χ2v) is 7.72. The van der Waals surface area contributed by atoms with Crippen LogP contribution in [0.4, 0.5) is 10.7 Å². The number of nitrogens with one attached hydrogen (secondary N) is 1. The number of carbonyl (C=O) groups is 1. The number of hydrogen-bond donors (Lipinski definition) is 2. The van der Waals surface area contributed by atoms with Crippen molar-refractivity contribution in [3.8, 4) is 0 Å². The predicted octanol–water partition coefficient (Wildman–Crippen LogP) is 3.69. The van der Waals surface area contributed by atoms with Crippen molar-refractivity contribution in [3.05, 3.63) is 51.3 Å². The van der Waals surface area contributed by atoms with Gasteiger partial charge in [0.05, 0.1) is 28.3 Å². The lowest BCUT2D eigenvalue weighted by Crippen LogP contribution is -2.43. The van der Waals surface area contributed by atoms with Gasteiger partial charge in [0.2, 0.25) is 0 Å². The van der Waals surface area contributed by atoms with E-state index >= 15 is 0 Å². The number of nitrogens with two attached hydrogens (primary N) is 1. The molecule has 3 rings (SSSR count). The highest BCUT2D eigenvalue weighted by Crippen LogP contribution is 2.26. The molecule has 2 heterocycles. The van der Waals surface area contributed by atoms with Gasteiger partial charge in [0, 0.05) is 32.4 Å². The van der Waals surface area contributed by atoms with Crippen molar-refractivity contribution in [2.45, 2.75) is 32.4 Å². The van der Waals surface area contributed by atoms with E-state index in [4.69, 9.17) is 28.9 Å². The standard InChI is InChI=1S/C20H23Cl2N7O/c1-12(13-3-4-15(21)16(22)9-13)26-20(30)29-8-6-14-10-25-19(27-17(14)11-29)28-18(23)5-7-24-2/h3-4,7,9-10,12H,5-6,8,11H2,1-2H3,(H,26,30)(H2,23,25,27,28). The molecule has 0 fully saturated rings. The quantitative estimate of drug-likeness (QED) is 0.537. The monoisotopic (exact) mass is 447 g/mol. The van der Waals surface area contributed by atoms with E-state index in [2.05, 4.69) is 25.3 Å². The van der Waals surface area contributed by atoms with E-state index in [1.54, 1.807) is 36.5 Å². The summed E-state index contributed by atoms with van der Waals surface area (Å²) < 4.78 is 0. The Morgan fingerprint density at radius 2 is 2.20 bits per heavy atom. The average molecular weight is 448 g/mol. The SMILES string of the molecule is CN=CCC(N)=Nc1ncc2c(n1)CN(C(=O)NC(C)c1ccc(Cl)c(Cl)c1)CC2. The van der Waals surface area contributed by atoms with Gasteiger partial charge in [-0.1, -0.05) is 29.3 Å². The van der Waals surface area contributed by atoms with Gasteiger partial charge in [-0.25, -0.2) is 14.8 Å². The van der Waals surface area contributed by atoms with Crippen molar-refractivity contribution in [3.63, 3.8) is 0 Å². The molecular formula is C20H23Cl2N7O. The van der Waals surface area contributed by atoms with Crippen molar-refractivity contribution in [2.75, 3.05) is 13.6 Å². The number of urea groups is 1. The largest absolute Gasteiger partial charge is 0.387 e. The van der Waals surface area contributed by atoms with Crippen LogP contribution in [0.5, 0.6) is 0 Å². The molecule has 1 aromatic carbocycles. The van der Waals surface area contributed by atoms with E-state index in [1.807, 2.05) is 13.0 Å². The summed E-state index contributed by atoms with van der Waals surface area (Å²) in [6, 6.07) is 4.91. The lowest BCUT2D eigenvalue weighted by molar-refractivity contribution is 0.188. The maximum atomic E-state index is 12.8. The number of rotatable bonds is 5. The molecule has 30 heavy (non-hydrogen) atoms. The summed E-state index contributed by atoms with van der Waals surface area (Å²) in [4.78, 5) is 31.3. The van der Waals surface area contributed by atoms with Gasteiger partial charge >= 0.3 is 6.03 Å². The molecule has 2 aromatic rings. The molecule has 0 spiro atoms. The van der Waals surface area contributed by atoms with E-state index in [0.717, 1.165) is 16.8 Å². The highest BCUT2D eigenvalue weighted by molar-refractivity contribution is 6.42. The van der Waals surface area contributed by atoms with Gasteiger partial charge in [-0.3, -0.25) is 0 Å². The molecule has 1 atom stereocenters. The first-order valence-electron chi connectivity index (χ1n) is 9.46. The maximum absolute atomic E-state index is 12.8. The van der Waals surface area contributed by atoms with Gasteiger partial charge in [-0.05, 0) is 36.6 Å². The fraction of sp³-hybridized carbons (Fsp3) is 0.350. The smallest absolute Gasteiger partial charge is 0.318 e. The number of benzene rings is 1. The highest BCUT2D eigenvalue weighted by Gasteiger charge is 2.24. The van der Waals surface area contributed by atoms with Crippen molar-refractivity contribution >= 4 is 47.2 Å². The van der Waals surface area contributed by atoms with Crippen LogP contribution in [0.15, 0.2) is 34.4 Å². The zero-order chi connectivity index (χ0) is 21.7. The Morgan fingerprint density at radius 1 is 1.40 bits per heavy atom. The van der Waals surface area contributed by atoms with Gasteiger partial charge in [0.15, 0.2) is 0 Å². The number of hydrogen-bond acceptors (Lipinski definition) is 5. The van der Waals surface area contributed by atoms with Crippen LogP contribution in [0.2, 0.25) is 10.0 Å². The highest BCUT2D eigenvalue weighted by atomic mass is 35.5. The van der Waals surface area contributed by atoms with E-state index in [9.17, 15) is 4.79 Å². The molecule has 3 N–H and O–H groups in total. The number of aromatic nitrogens is 2. The van der Waals surface area contributed by atoms with Crippen LogP contribution in [0, 0.1) is 0 Å². The Bertz CT molecular complexity index is 993. The number of nitrogens with zero attached hydrogens (tertiary/aromatic N) is 5. The summed E-state index contributed by atoms with van der Waals surface area (Å²) in [5.74, 6) is 0.656. The number of amidine groups is 1. The van der Waals surface area contributed by atoms with E-state index in [0.29, 0.717) is 41.8 Å². The van der Waals surface area contributed by atoms with Gasteiger partial charge in [-0.15, -0.1) is 0 Å². The summed E-state index contributed by atoms with van der Waals surface area (Å²) >= 11 is 12.0. The van der Waals surface area contributed by atoms with Crippen LogP contribution in [0.25, 0.3) is 0 Å². The summed E-state index contributed by atoms with van der Waals surface area (Å²) in [5.41, 5.74) is 8.51. The number of amides is 2. The Kier molecular flexibility index (Phi) is 7.23. The van der Waals surface area contributed by atoms with Crippen molar-refractivity contribution in [1.82, 2.24) is 20.2 Å². The minimum atomic E-state index is -0.223. The molecule has 1 unspecified atom stereocenters. The van der Waals surface area contributed by atoms with Crippen LogP contribution in [-0.2, 0) is 13.0 Å². The lowest BCUT2D eigenvalue weighted by Gasteiger charge is -2.29. The number of halogens is 2. The van der Waals surface area contributed by atoms with Crippen molar-refractivity contribution < 1.29 is 4.79 Å². The molecule has 0 saturated heterocycles. The molecule has 1 aliphatic rings. The summed E-state index contributed by atoms with van der Waals surface area (Å²) in [7, 11) is 1.67. The first kappa shape index (κ1) is 22.0. The van der Waals surface area contributed by atoms with Crippen molar-refractivity contribution in [1.29, 1.82) is 0 Å². The summed E-state index contributed by atoms with van der Waals surface area (Å²) in [5, 5.41) is 3.93. The minimum Gasteiger partial charge on any atom is -0.387 e.